The van der Waals surface area contributed by atoms with Crippen molar-refractivity contribution in [2.24, 2.45) is 0 Å². The van der Waals surface area contributed by atoms with Crippen LogP contribution in [0.1, 0.15) is 25.7 Å². The van der Waals surface area contributed by atoms with Crippen molar-refractivity contribution >= 4 is 22.7 Å². The minimum absolute atomic E-state index is 0.167. The standard InChI is InChI=1S/C14H20N4O/c15-10-5-6-12-13(8-10)17-14(16-12)18-7-3-1-2-4-11(18)9-19/h5-6,8,11,19H,1-4,7,9,15H2,(H,16,17). The lowest BCUT2D eigenvalue weighted by atomic mass is 10.1. The van der Waals surface area contributed by atoms with E-state index in [1.165, 1.54) is 12.8 Å². The molecule has 0 aliphatic carbocycles. The van der Waals surface area contributed by atoms with Gasteiger partial charge in [-0.1, -0.05) is 12.8 Å². The van der Waals surface area contributed by atoms with Crippen molar-refractivity contribution in [1.82, 2.24) is 9.97 Å². The minimum Gasteiger partial charge on any atom is -0.399 e. The van der Waals surface area contributed by atoms with Gasteiger partial charge in [0.1, 0.15) is 0 Å². The molecular weight excluding hydrogens is 240 g/mol. The fraction of sp³-hybridized carbons (Fsp3) is 0.500. The zero-order valence-corrected chi connectivity index (χ0v) is 11.0. The van der Waals surface area contributed by atoms with Crippen molar-refractivity contribution in [2.75, 3.05) is 23.8 Å². The van der Waals surface area contributed by atoms with Gasteiger partial charge in [0.2, 0.25) is 5.95 Å². The van der Waals surface area contributed by atoms with E-state index in [2.05, 4.69) is 14.9 Å². The monoisotopic (exact) mass is 260 g/mol. The number of hydrogen-bond acceptors (Lipinski definition) is 4. The van der Waals surface area contributed by atoms with E-state index >= 15 is 0 Å². The van der Waals surface area contributed by atoms with Crippen molar-refractivity contribution in [3.63, 3.8) is 0 Å². The molecule has 5 heteroatoms. The molecule has 19 heavy (non-hydrogen) atoms. The van der Waals surface area contributed by atoms with Gasteiger partial charge < -0.3 is 20.7 Å². The highest BCUT2D eigenvalue weighted by atomic mass is 16.3. The topological polar surface area (TPSA) is 78.2 Å². The second kappa shape index (κ2) is 5.09. The maximum atomic E-state index is 9.56. The highest BCUT2D eigenvalue weighted by Gasteiger charge is 2.22. The Balaban J connectivity index is 1.96. The minimum atomic E-state index is 0.167. The smallest absolute Gasteiger partial charge is 0.204 e. The Morgan fingerprint density at radius 1 is 1.37 bits per heavy atom. The molecule has 0 radical (unpaired) electrons. The lowest BCUT2D eigenvalue weighted by Crippen LogP contribution is -2.38. The van der Waals surface area contributed by atoms with Gasteiger partial charge in [-0.25, -0.2) is 4.98 Å². The molecule has 0 bridgehead atoms. The normalized spacial score (nSPS) is 20.7. The summed E-state index contributed by atoms with van der Waals surface area (Å²) in [5, 5.41) is 9.56. The largest absolute Gasteiger partial charge is 0.399 e. The van der Waals surface area contributed by atoms with E-state index in [0.717, 1.165) is 42.1 Å². The van der Waals surface area contributed by atoms with Crippen LogP contribution in [0.3, 0.4) is 0 Å². The molecule has 0 spiro atoms. The lowest BCUT2D eigenvalue weighted by Gasteiger charge is -2.28. The molecule has 102 valence electrons. The molecule has 4 N–H and O–H groups in total. The fourth-order valence-corrected chi connectivity index (χ4v) is 2.80. The highest BCUT2D eigenvalue weighted by molar-refractivity contribution is 5.80. The van der Waals surface area contributed by atoms with Gasteiger partial charge in [0.15, 0.2) is 0 Å². The number of rotatable bonds is 2. The molecule has 1 saturated heterocycles. The molecule has 1 aromatic heterocycles. The van der Waals surface area contributed by atoms with E-state index in [0.29, 0.717) is 0 Å². The van der Waals surface area contributed by atoms with Crippen LogP contribution in [-0.4, -0.2) is 34.3 Å². The number of H-pyrrole nitrogens is 1. The van der Waals surface area contributed by atoms with Gasteiger partial charge in [-0.2, -0.15) is 0 Å². The number of benzene rings is 1. The summed E-state index contributed by atoms with van der Waals surface area (Å²) in [6, 6.07) is 5.85. The number of aromatic amines is 1. The van der Waals surface area contributed by atoms with Crippen LogP contribution in [-0.2, 0) is 0 Å². The highest BCUT2D eigenvalue weighted by Crippen LogP contribution is 2.25. The molecular formula is C14H20N4O. The Bertz CT molecular complexity index is 566. The average molecular weight is 260 g/mol. The van der Waals surface area contributed by atoms with E-state index in [9.17, 15) is 5.11 Å². The van der Waals surface area contributed by atoms with Crippen molar-refractivity contribution < 1.29 is 5.11 Å². The van der Waals surface area contributed by atoms with Crippen LogP contribution in [0.2, 0.25) is 0 Å². The third-order valence-corrected chi connectivity index (χ3v) is 3.85. The Labute approximate surface area is 112 Å². The molecule has 1 aliphatic heterocycles. The summed E-state index contributed by atoms with van der Waals surface area (Å²) in [6.07, 6.45) is 4.57. The number of nitrogens with two attached hydrogens (primary N) is 1. The van der Waals surface area contributed by atoms with E-state index in [-0.39, 0.29) is 12.6 Å². The summed E-state index contributed by atoms with van der Waals surface area (Å²) in [6.45, 7) is 1.12. The third-order valence-electron chi connectivity index (χ3n) is 3.85. The molecule has 1 fully saturated rings. The predicted octanol–water partition coefficient (Wildman–Crippen LogP) is 1.89. The number of nitrogens with zero attached hydrogens (tertiary/aromatic N) is 2. The number of fused-ring (bicyclic) bond motifs is 1. The summed E-state index contributed by atoms with van der Waals surface area (Å²) in [7, 11) is 0. The van der Waals surface area contributed by atoms with Crippen molar-refractivity contribution in [3.05, 3.63) is 18.2 Å². The number of aromatic nitrogens is 2. The SMILES string of the molecule is Nc1ccc2nc(N3CCCCCC3CO)[nH]c2c1. The van der Waals surface area contributed by atoms with Crippen LogP contribution in [0.5, 0.6) is 0 Å². The summed E-state index contributed by atoms with van der Waals surface area (Å²) in [5.41, 5.74) is 8.40. The van der Waals surface area contributed by atoms with Crippen molar-refractivity contribution in [2.45, 2.75) is 31.7 Å². The number of aliphatic hydroxyl groups excluding tert-OH is 1. The Hall–Kier alpha value is -1.75. The Morgan fingerprint density at radius 2 is 2.26 bits per heavy atom. The van der Waals surface area contributed by atoms with Gasteiger partial charge in [-0.05, 0) is 31.0 Å². The zero-order chi connectivity index (χ0) is 13.2. The summed E-state index contributed by atoms with van der Waals surface area (Å²) >= 11 is 0. The van der Waals surface area contributed by atoms with Gasteiger partial charge >= 0.3 is 0 Å². The lowest BCUT2D eigenvalue weighted by molar-refractivity contribution is 0.254. The molecule has 0 saturated carbocycles. The fourth-order valence-electron chi connectivity index (χ4n) is 2.80. The van der Waals surface area contributed by atoms with Crippen molar-refractivity contribution in [3.8, 4) is 0 Å². The maximum Gasteiger partial charge on any atom is 0.204 e. The maximum absolute atomic E-state index is 9.56. The summed E-state index contributed by atoms with van der Waals surface area (Å²) in [4.78, 5) is 10.1. The van der Waals surface area contributed by atoms with E-state index in [4.69, 9.17) is 5.73 Å². The number of nitrogen functional groups attached to an aromatic ring is 1. The molecule has 3 rings (SSSR count). The molecule has 0 amide bonds. The number of imidazole rings is 1. The quantitative estimate of drug-likeness (QED) is 0.720. The molecule has 5 nitrogen and oxygen atoms in total. The van der Waals surface area contributed by atoms with Crippen LogP contribution in [0.25, 0.3) is 11.0 Å². The molecule has 2 heterocycles. The van der Waals surface area contributed by atoms with E-state index in [1.54, 1.807) is 0 Å². The van der Waals surface area contributed by atoms with Gasteiger partial charge in [0.25, 0.3) is 0 Å². The molecule has 1 unspecified atom stereocenters. The van der Waals surface area contributed by atoms with Crippen LogP contribution >= 0.6 is 0 Å². The molecule has 1 aliphatic rings. The van der Waals surface area contributed by atoms with E-state index < -0.39 is 0 Å². The van der Waals surface area contributed by atoms with E-state index in [1.807, 2.05) is 18.2 Å². The van der Waals surface area contributed by atoms with Gasteiger partial charge in [0, 0.05) is 12.2 Å². The summed E-state index contributed by atoms with van der Waals surface area (Å²) < 4.78 is 0. The van der Waals surface area contributed by atoms with Crippen LogP contribution in [0, 0.1) is 0 Å². The number of aliphatic hydroxyl groups is 1. The van der Waals surface area contributed by atoms with Crippen LogP contribution < -0.4 is 10.6 Å². The number of anilines is 2. The first-order chi connectivity index (χ1) is 9.28. The first-order valence-corrected chi connectivity index (χ1v) is 6.90. The molecule has 2 aromatic rings. The second-order valence-corrected chi connectivity index (χ2v) is 5.22. The van der Waals surface area contributed by atoms with Gasteiger partial charge in [-0.3, -0.25) is 0 Å². The van der Waals surface area contributed by atoms with Gasteiger partial charge in [0.05, 0.1) is 23.7 Å². The third kappa shape index (κ3) is 2.38. The molecule has 1 aromatic carbocycles. The van der Waals surface area contributed by atoms with Crippen LogP contribution in [0.15, 0.2) is 18.2 Å². The first kappa shape index (κ1) is 12.3. The van der Waals surface area contributed by atoms with Crippen LogP contribution in [0.4, 0.5) is 11.6 Å². The van der Waals surface area contributed by atoms with Gasteiger partial charge in [-0.15, -0.1) is 0 Å². The number of hydrogen-bond donors (Lipinski definition) is 3. The Kier molecular flexibility index (Phi) is 3.29. The average Bonchev–Trinajstić information content (AvgIpc) is 2.67. The zero-order valence-electron chi connectivity index (χ0n) is 11.0. The predicted molar refractivity (Wildman–Crippen MR) is 77.2 cm³/mol. The molecule has 1 atom stereocenters. The summed E-state index contributed by atoms with van der Waals surface area (Å²) in [5.74, 6) is 0.849. The second-order valence-electron chi connectivity index (χ2n) is 5.22. The van der Waals surface area contributed by atoms with Crippen molar-refractivity contribution in [1.29, 1.82) is 0 Å². The number of nitrogens with one attached hydrogen (secondary N) is 1. The Morgan fingerprint density at radius 3 is 3.11 bits per heavy atom. The first-order valence-electron chi connectivity index (χ1n) is 6.90.